The maximum atomic E-state index is 3.56. The number of aryl methyl sites for hydroxylation is 1. The maximum Gasteiger partial charge on any atom is 0.0361 e. The summed E-state index contributed by atoms with van der Waals surface area (Å²) in [5.41, 5.74) is 1.36. The Hall–Kier alpha value is -0.760. The molecule has 1 atom stereocenters. The molecule has 0 radical (unpaired) electrons. The van der Waals surface area contributed by atoms with Gasteiger partial charge in [-0.3, -0.25) is 0 Å². The minimum absolute atomic E-state index is 0.631. The molecule has 0 spiro atoms. The number of hydrogen-bond donors (Lipinski definition) is 1. The van der Waals surface area contributed by atoms with Gasteiger partial charge in [-0.2, -0.15) is 0 Å². The summed E-state index contributed by atoms with van der Waals surface area (Å²) >= 11 is 0. The Morgan fingerprint density at radius 1 is 1.40 bits per heavy atom. The van der Waals surface area contributed by atoms with Crippen molar-refractivity contribution in [2.24, 2.45) is 7.05 Å². The molecule has 2 nitrogen and oxygen atoms in total. The molecular formula is C13H24N2. The molecular weight excluding hydrogens is 184 g/mol. The summed E-state index contributed by atoms with van der Waals surface area (Å²) in [6, 6.07) is 4.90. The van der Waals surface area contributed by atoms with Gasteiger partial charge in [-0.25, -0.2) is 0 Å². The Labute approximate surface area is 93.7 Å². The Bertz CT molecular complexity index is 265. The van der Waals surface area contributed by atoms with Crippen molar-refractivity contribution in [1.29, 1.82) is 0 Å². The Balaban J connectivity index is 2.16. The van der Waals surface area contributed by atoms with E-state index in [9.17, 15) is 0 Å². The summed E-state index contributed by atoms with van der Waals surface area (Å²) in [5.74, 6) is 0. The van der Waals surface area contributed by atoms with Crippen LogP contribution in [0.2, 0.25) is 0 Å². The van der Waals surface area contributed by atoms with Gasteiger partial charge in [0.2, 0.25) is 0 Å². The van der Waals surface area contributed by atoms with Crippen molar-refractivity contribution in [2.45, 2.75) is 52.1 Å². The van der Waals surface area contributed by atoms with Gasteiger partial charge >= 0.3 is 0 Å². The minimum atomic E-state index is 0.631. The maximum absolute atomic E-state index is 3.56. The van der Waals surface area contributed by atoms with Crippen LogP contribution >= 0.6 is 0 Å². The number of nitrogens with one attached hydrogen (secondary N) is 1. The lowest BCUT2D eigenvalue weighted by molar-refractivity contribution is 0.480. The van der Waals surface area contributed by atoms with Crippen molar-refractivity contribution in [3.8, 4) is 0 Å². The van der Waals surface area contributed by atoms with Gasteiger partial charge in [0.05, 0.1) is 0 Å². The van der Waals surface area contributed by atoms with Crippen LogP contribution in [0.5, 0.6) is 0 Å². The van der Waals surface area contributed by atoms with E-state index < -0.39 is 0 Å². The first-order valence-electron chi connectivity index (χ1n) is 6.07. The van der Waals surface area contributed by atoms with Gasteiger partial charge in [0.15, 0.2) is 0 Å². The normalized spacial score (nSPS) is 13.0. The quantitative estimate of drug-likeness (QED) is 0.681. The second-order valence-corrected chi connectivity index (χ2v) is 4.39. The van der Waals surface area contributed by atoms with Gasteiger partial charge in [-0.15, -0.1) is 0 Å². The summed E-state index contributed by atoms with van der Waals surface area (Å²) in [5, 5.41) is 3.56. The molecule has 1 aromatic rings. The highest BCUT2D eigenvalue weighted by atomic mass is 15.0. The minimum Gasteiger partial charge on any atom is -0.353 e. The fourth-order valence-corrected chi connectivity index (χ4v) is 1.76. The van der Waals surface area contributed by atoms with Crippen LogP contribution in [0, 0.1) is 0 Å². The van der Waals surface area contributed by atoms with Crippen LogP contribution in [0.1, 0.15) is 45.2 Å². The second kappa shape index (κ2) is 6.67. The Morgan fingerprint density at radius 3 is 2.80 bits per heavy atom. The number of rotatable bonds is 7. The van der Waals surface area contributed by atoms with Gasteiger partial charge in [0, 0.05) is 31.5 Å². The van der Waals surface area contributed by atoms with E-state index in [-0.39, 0.29) is 0 Å². The molecule has 0 aromatic carbocycles. The fourth-order valence-electron chi connectivity index (χ4n) is 1.76. The predicted molar refractivity (Wildman–Crippen MR) is 65.9 cm³/mol. The predicted octanol–water partition coefficient (Wildman–Crippen LogP) is 3.08. The molecule has 0 saturated carbocycles. The van der Waals surface area contributed by atoms with Gasteiger partial charge in [-0.1, -0.05) is 26.2 Å². The van der Waals surface area contributed by atoms with Crippen molar-refractivity contribution in [3.63, 3.8) is 0 Å². The molecule has 0 aliphatic rings. The smallest absolute Gasteiger partial charge is 0.0361 e. The second-order valence-electron chi connectivity index (χ2n) is 4.39. The van der Waals surface area contributed by atoms with E-state index in [1.54, 1.807) is 0 Å². The summed E-state index contributed by atoms with van der Waals surface area (Å²) < 4.78 is 2.17. The number of unbranched alkanes of at least 4 members (excludes halogenated alkanes) is 2. The van der Waals surface area contributed by atoms with Crippen LogP contribution in [0.4, 0.5) is 0 Å². The molecule has 2 heteroatoms. The fraction of sp³-hybridized carbons (Fsp3) is 0.692. The van der Waals surface area contributed by atoms with E-state index in [0.717, 1.165) is 6.54 Å². The molecule has 0 aliphatic heterocycles. The topological polar surface area (TPSA) is 17.0 Å². The lowest BCUT2D eigenvalue weighted by Crippen LogP contribution is -2.26. The number of hydrogen-bond acceptors (Lipinski definition) is 1. The van der Waals surface area contributed by atoms with E-state index >= 15 is 0 Å². The standard InChI is InChI=1S/C13H24N2/c1-4-5-6-8-12(2)14-11-13-9-7-10-15(13)3/h7,9-10,12,14H,4-6,8,11H2,1-3H3. The molecule has 0 amide bonds. The van der Waals surface area contributed by atoms with Crippen LogP contribution < -0.4 is 5.32 Å². The average Bonchev–Trinajstić information content (AvgIpc) is 2.61. The lowest BCUT2D eigenvalue weighted by atomic mass is 10.1. The lowest BCUT2D eigenvalue weighted by Gasteiger charge is -2.13. The zero-order valence-electron chi connectivity index (χ0n) is 10.3. The van der Waals surface area contributed by atoms with Gasteiger partial charge in [0.25, 0.3) is 0 Å². The largest absolute Gasteiger partial charge is 0.353 e. The monoisotopic (exact) mass is 208 g/mol. The van der Waals surface area contributed by atoms with Crippen molar-refractivity contribution >= 4 is 0 Å². The molecule has 0 fully saturated rings. The summed E-state index contributed by atoms with van der Waals surface area (Å²) in [4.78, 5) is 0. The van der Waals surface area contributed by atoms with Gasteiger partial charge in [0.1, 0.15) is 0 Å². The van der Waals surface area contributed by atoms with Crippen molar-refractivity contribution in [2.75, 3.05) is 0 Å². The van der Waals surface area contributed by atoms with Crippen molar-refractivity contribution in [1.82, 2.24) is 9.88 Å². The number of aromatic nitrogens is 1. The molecule has 1 aromatic heterocycles. The van der Waals surface area contributed by atoms with E-state index in [1.807, 2.05) is 0 Å². The Morgan fingerprint density at radius 2 is 2.20 bits per heavy atom. The summed E-state index contributed by atoms with van der Waals surface area (Å²) in [6.07, 6.45) is 7.40. The van der Waals surface area contributed by atoms with E-state index in [1.165, 1.54) is 31.4 Å². The third-order valence-corrected chi connectivity index (χ3v) is 2.92. The van der Waals surface area contributed by atoms with Gasteiger partial charge < -0.3 is 9.88 Å². The molecule has 1 N–H and O–H groups in total. The third-order valence-electron chi connectivity index (χ3n) is 2.92. The zero-order chi connectivity index (χ0) is 11.1. The third kappa shape index (κ3) is 4.52. The van der Waals surface area contributed by atoms with Crippen LogP contribution in [0.15, 0.2) is 18.3 Å². The number of nitrogens with zero attached hydrogens (tertiary/aromatic N) is 1. The molecule has 0 bridgehead atoms. The van der Waals surface area contributed by atoms with Crippen molar-refractivity contribution < 1.29 is 0 Å². The van der Waals surface area contributed by atoms with E-state index in [4.69, 9.17) is 0 Å². The first kappa shape index (κ1) is 12.3. The summed E-state index contributed by atoms with van der Waals surface area (Å²) in [6.45, 7) is 5.51. The molecule has 15 heavy (non-hydrogen) atoms. The molecule has 86 valence electrons. The molecule has 1 heterocycles. The zero-order valence-corrected chi connectivity index (χ0v) is 10.3. The molecule has 0 saturated heterocycles. The first-order chi connectivity index (χ1) is 7.24. The first-order valence-corrected chi connectivity index (χ1v) is 6.07. The van der Waals surface area contributed by atoms with Crippen LogP contribution in [0.25, 0.3) is 0 Å². The van der Waals surface area contributed by atoms with E-state index in [0.29, 0.717) is 6.04 Å². The average molecular weight is 208 g/mol. The van der Waals surface area contributed by atoms with Gasteiger partial charge in [-0.05, 0) is 25.5 Å². The molecule has 1 rings (SSSR count). The Kier molecular flexibility index (Phi) is 5.48. The molecule has 1 unspecified atom stereocenters. The van der Waals surface area contributed by atoms with Crippen LogP contribution in [-0.4, -0.2) is 10.6 Å². The SMILES string of the molecule is CCCCCC(C)NCc1cccn1C. The summed E-state index contributed by atoms with van der Waals surface area (Å²) in [7, 11) is 2.10. The van der Waals surface area contributed by atoms with E-state index in [2.05, 4.69) is 49.1 Å². The van der Waals surface area contributed by atoms with Crippen LogP contribution in [0.3, 0.4) is 0 Å². The molecule has 0 aliphatic carbocycles. The highest BCUT2D eigenvalue weighted by Gasteiger charge is 2.02. The highest BCUT2D eigenvalue weighted by molar-refractivity contribution is 5.06. The highest BCUT2D eigenvalue weighted by Crippen LogP contribution is 2.04. The van der Waals surface area contributed by atoms with Crippen LogP contribution in [-0.2, 0) is 13.6 Å². The van der Waals surface area contributed by atoms with Crippen molar-refractivity contribution in [3.05, 3.63) is 24.0 Å².